The number of hydrogen-bond acceptors (Lipinski definition) is 0. The van der Waals surface area contributed by atoms with Gasteiger partial charge in [0.1, 0.15) is 5.82 Å². The van der Waals surface area contributed by atoms with Crippen LogP contribution in [0.2, 0.25) is 5.02 Å². The predicted octanol–water partition coefficient (Wildman–Crippen LogP) is 4.04. The zero-order valence-corrected chi connectivity index (χ0v) is 8.66. The highest BCUT2D eigenvalue weighted by Crippen LogP contribution is 2.21. The van der Waals surface area contributed by atoms with Gasteiger partial charge in [0.05, 0.1) is 0 Å². The Hall–Kier alpha value is -0.530. The number of alkyl halides is 1. The van der Waals surface area contributed by atoms with E-state index in [4.69, 9.17) is 23.2 Å². The average molecular weight is 219 g/mol. The lowest BCUT2D eigenvalue weighted by atomic mass is 10.1. The molecule has 0 aliphatic heterocycles. The summed E-state index contributed by atoms with van der Waals surface area (Å²) in [5.74, 6) is 0.143. The number of rotatable bonds is 2. The number of hydrogen-bond donors (Lipinski definition) is 0. The first kappa shape index (κ1) is 10.6. The summed E-state index contributed by atoms with van der Waals surface area (Å²) in [5.41, 5.74) is 1.21. The van der Waals surface area contributed by atoms with E-state index >= 15 is 0 Å². The second-order valence-electron chi connectivity index (χ2n) is 2.68. The van der Waals surface area contributed by atoms with Crippen LogP contribution in [-0.4, -0.2) is 5.88 Å². The van der Waals surface area contributed by atoms with Crippen LogP contribution >= 0.6 is 23.2 Å². The van der Waals surface area contributed by atoms with Crippen LogP contribution in [0.15, 0.2) is 18.2 Å². The molecule has 0 aromatic heterocycles. The Morgan fingerprint density at radius 3 is 2.77 bits per heavy atom. The second-order valence-corrected chi connectivity index (χ2v) is 3.40. The SMILES string of the molecule is Cc1cc(Cl)c(C=CCCl)cc1F. The molecule has 3 heteroatoms. The topological polar surface area (TPSA) is 0 Å². The van der Waals surface area contributed by atoms with Crippen LogP contribution in [0.25, 0.3) is 6.08 Å². The van der Waals surface area contributed by atoms with Crippen molar-refractivity contribution in [3.63, 3.8) is 0 Å². The fourth-order valence-corrected chi connectivity index (χ4v) is 1.33. The smallest absolute Gasteiger partial charge is 0.126 e. The zero-order valence-electron chi connectivity index (χ0n) is 7.15. The molecule has 70 valence electrons. The second kappa shape index (κ2) is 4.64. The molecule has 0 fully saturated rings. The van der Waals surface area contributed by atoms with E-state index in [0.717, 1.165) is 0 Å². The molecule has 0 aliphatic rings. The van der Waals surface area contributed by atoms with Crippen molar-refractivity contribution in [3.05, 3.63) is 40.2 Å². The van der Waals surface area contributed by atoms with Crippen molar-refractivity contribution in [2.45, 2.75) is 6.92 Å². The molecular formula is C10H9Cl2F. The molecule has 0 amide bonds. The van der Waals surface area contributed by atoms with Crippen LogP contribution in [0.5, 0.6) is 0 Å². The maximum absolute atomic E-state index is 13.1. The Morgan fingerprint density at radius 2 is 2.15 bits per heavy atom. The lowest BCUT2D eigenvalue weighted by molar-refractivity contribution is 0.618. The van der Waals surface area contributed by atoms with Crippen LogP contribution in [-0.2, 0) is 0 Å². The molecule has 0 bridgehead atoms. The van der Waals surface area contributed by atoms with Gasteiger partial charge >= 0.3 is 0 Å². The summed E-state index contributed by atoms with van der Waals surface area (Å²) in [5, 5.41) is 0.542. The van der Waals surface area contributed by atoms with E-state index in [1.54, 1.807) is 25.1 Å². The summed E-state index contributed by atoms with van der Waals surface area (Å²) < 4.78 is 13.1. The van der Waals surface area contributed by atoms with Gasteiger partial charge in [-0.05, 0) is 30.2 Å². The molecule has 0 spiro atoms. The van der Waals surface area contributed by atoms with Crippen LogP contribution in [0.3, 0.4) is 0 Å². The van der Waals surface area contributed by atoms with Gasteiger partial charge in [-0.3, -0.25) is 0 Å². The largest absolute Gasteiger partial charge is 0.207 e. The Labute approximate surface area is 87.0 Å². The summed E-state index contributed by atoms with van der Waals surface area (Å²) >= 11 is 11.3. The van der Waals surface area contributed by atoms with Crippen molar-refractivity contribution in [2.75, 3.05) is 5.88 Å². The quantitative estimate of drug-likeness (QED) is 0.658. The van der Waals surface area contributed by atoms with E-state index in [-0.39, 0.29) is 5.82 Å². The van der Waals surface area contributed by atoms with Gasteiger partial charge in [-0.25, -0.2) is 4.39 Å². The first-order chi connectivity index (χ1) is 6.15. The van der Waals surface area contributed by atoms with Crippen molar-refractivity contribution in [2.24, 2.45) is 0 Å². The Bertz CT molecular complexity index is 332. The molecule has 0 N–H and O–H groups in total. The monoisotopic (exact) mass is 218 g/mol. The van der Waals surface area contributed by atoms with E-state index in [0.29, 0.717) is 22.0 Å². The number of halogens is 3. The molecule has 0 aliphatic carbocycles. The molecule has 13 heavy (non-hydrogen) atoms. The highest BCUT2D eigenvalue weighted by atomic mass is 35.5. The highest BCUT2D eigenvalue weighted by Gasteiger charge is 2.02. The van der Waals surface area contributed by atoms with Crippen molar-refractivity contribution < 1.29 is 4.39 Å². The minimum absolute atomic E-state index is 0.251. The normalized spacial score (nSPS) is 11.1. The van der Waals surface area contributed by atoms with Crippen LogP contribution < -0.4 is 0 Å². The van der Waals surface area contributed by atoms with Gasteiger partial charge in [0, 0.05) is 10.9 Å². The van der Waals surface area contributed by atoms with Crippen LogP contribution in [0.1, 0.15) is 11.1 Å². The summed E-state index contributed by atoms with van der Waals surface area (Å²) in [7, 11) is 0. The van der Waals surface area contributed by atoms with Gasteiger partial charge in [-0.1, -0.05) is 23.8 Å². The molecule has 0 saturated heterocycles. The van der Waals surface area contributed by atoms with Gasteiger partial charge in [0.15, 0.2) is 0 Å². The maximum atomic E-state index is 13.1. The minimum Gasteiger partial charge on any atom is -0.207 e. The summed E-state index contributed by atoms with van der Waals surface area (Å²) in [4.78, 5) is 0. The third kappa shape index (κ3) is 2.71. The first-order valence-corrected chi connectivity index (χ1v) is 4.74. The third-order valence-corrected chi connectivity index (χ3v) is 2.17. The van der Waals surface area contributed by atoms with Gasteiger partial charge in [0.25, 0.3) is 0 Å². The van der Waals surface area contributed by atoms with Crippen molar-refractivity contribution in [1.29, 1.82) is 0 Å². The van der Waals surface area contributed by atoms with Crippen molar-refractivity contribution in [1.82, 2.24) is 0 Å². The molecule has 1 rings (SSSR count). The number of aryl methyl sites for hydroxylation is 1. The van der Waals surface area contributed by atoms with E-state index in [1.807, 2.05) is 0 Å². The van der Waals surface area contributed by atoms with Gasteiger partial charge in [-0.15, -0.1) is 11.6 Å². The minimum atomic E-state index is -0.251. The molecular weight excluding hydrogens is 210 g/mol. The van der Waals surface area contributed by atoms with Gasteiger partial charge in [0.2, 0.25) is 0 Å². The lowest BCUT2D eigenvalue weighted by Gasteiger charge is -2.01. The maximum Gasteiger partial charge on any atom is 0.126 e. The fourth-order valence-electron chi connectivity index (χ4n) is 0.961. The predicted molar refractivity (Wildman–Crippen MR) is 55.9 cm³/mol. The van der Waals surface area contributed by atoms with E-state index in [9.17, 15) is 4.39 Å². The molecule has 0 nitrogen and oxygen atoms in total. The van der Waals surface area contributed by atoms with E-state index < -0.39 is 0 Å². The Morgan fingerprint density at radius 1 is 1.46 bits per heavy atom. The van der Waals surface area contributed by atoms with Crippen molar-refractivity contribution >= 4 is 29.3 Å². The van der Waals surface area contributed by atoms with Gasteiger partial charge < -0.3 is 0 Å². The summed E-state index contributed by atoms with van der Waals surface area (Å²) in [6.07, 6.45) is 3.43. The molecule has 0 radical (unpaired) electrons. The van der Waals surface area contributed by atoms with E-state index in [1.165, 1.54) is 6.07 Å². The van der Waals surface area contributed by atoms with E-state index in [2.05, 4.69) is 0 Å². The molecule has 0 atom stereocenters. The standard InChI is InChI=1S/C10H9Cl2F/c1-7-5-9(12)8(3-2-4-11)6-10(7)13/h2-3,5-6H,4H2,1H3. The molecule has 0 saturated carbocycles. The zero-order chi connectivity index (χ0) is 9.84. The molecule has 1 aromatic carbocycles. The number of allylic oxidation sites excluding steroid dienone is 1. The average Bonchev–Trinajstić information content (AvgIpc) is 2.09. The third-order valence-electron chi connectivity index (χ3n) is 1.66. The summed E-state index contributed by atoms with van der Waals surface area (Å²) in [6, 6.07) is 3.01. The summed E-state index contributed by atoms with van der Waals surface area (Å²) in [6.45, 7) is 1.68. The van der Waals surface area contributed by atoms with Gasteiger partial charge in [-0.2, -0.15) is 0 Å². The number of benzene rings is 1. The van der Waals surface area contributed by atoms with Crippen LogP contribution in [0.4, 0.5) is 4.39 Å². The van der Waals surface area contributed by atoms with Crippen LogP contribution in [0, 0.1) is 12.7 Å². The molecule has 1 aromatic rings. The Kier molecular flexibility index (Phi) is 3.76. The molecule has 0 heterocycles. The highest BCUT2D eigenvalue weighted by molar-refractivity contribution is 6.32. The molecule has 0 unspecified atom stereocenters. The first-order valence-electron chi connectivity index (χ1n) is 3.83. The fraction of sp³-hybridized carbons (Fsp3) is 0.200. The van der Waals surface area contributed by atoms with Crippen molar-refractivity contribution in [3.8, 4) is 0 Å². The lowest BCUT2D eigenvalue weighted by Crippen LogP contribution is -1.85. The Balaban J connectivity index is 3.08.